The summed E-state index contributed by atoms with van der Waals surface area (Å²) in [6.07, 6.45) is 0. The minimum atomic E-state index is -0.330. The van der Waals surface area contributed by atoms with Crippen molar-refractivity contribution in [2.45, 2.75) is 6.92 Å². The van der Waals surface area contributed by atoms with Crippen LogP contribution in [-0.4, -0.2) is 18.1 Å². The maximum absolute atomic E-state index is 12.7. The lowest BCUT2D eigenvalue weighted by Gasteiger charge is -2.14. The van der Waals surface area contributed by atoms with Crippen LogP contribution in [0.2, 0.25) is 0 Å². The van der Waals surface area contributed by atoms with Gasteiger partial charge in [-0.1, -0.05) is 52.3 Å². The summed E-state index contributed by atoms with van der Waals surface area (Å²) >= 11 is 8.73. The molecule has 3 rings (SSSR count). The molecule has 0 bridgehead atoms. The Morgan fingerprint density at radius 2 is 1.85 bits per heavy atom. The third-order valence-corrected chi connectivity index (χ3v) is 4.62. The number of ether oxygens (including phenoxy) is 1. The topological polar surface area (TPSA) is 50.4 Å². The molecule has 0 atom stereocenters. The van der Waals surface area contributed by atoms with Crippen molar-refractivity contribution < 1.29 is 9.53 Å². The van der Waals surface area contributed by atoms with Gasteiger partial charge in [-0.05, 0) is 48.3 Å². The number of fused-ring (bicyclic) bond motifs is 1. The molecule has 1 amide bonds. The maximum atomic E-state index is 12.7. The van der Waals surface area contributed by atoms with E-state index in [1.54, 1.807) is 13.2 Å². The lowest BCUT2D eigenvalue weighted by atomic mass is 10.1. The summed E-state index contributed by atoms with van der Waals surface area (Å²) in [6.45, 7) is 1.88. The van der Waals surface area contributed by atoms with Gasteiger partial charge in [-0.15, -0.1) is 0 Å². The van der Waals surface area contributed by atoms with Crippen molar-refractivity contribution in [2.24, 2.45) is 0 Å². The van der Waals surface area contributed by atoms with Crippen LogP contribution in [0.25, 0.3) is 10.8 Å². The number of anilines is 1. The van der Waals surface area contributed by atoms with E-state index in [9.17, 15) is 4.79 Å². The molecule has 6 heteroatoms. The molecule has 0 saturated heterocycles. The number of carbonyl (C=O) groups is 1. The summed E-state index contributed by atoms with van der Waals surface area (Å²) in [5.41, 5.74) is 2.12. The van der Waals surface area contributed by atoms with Crippen LogP contribution in [0.4, 0.5) is 5.69 Å². The second kappa shape index (κ2) is 7.85. The second-order valence-electron chi connectivity index (χ2n) is 5.74. The van der Waals surface area contributed by atoms with Crippen LogP contribution >= 0.6 is 28.1 Å². The minimum Gasteiger partial charge on any atom is -0.496 e. The summed E-state index contributed by atoms with van der Waals surface area (Å²) in [7, 11) is 1.54. The van der Waals surface area contributed by atoms with Crippen LogP contribution in [0, 0.1) is 6.92 Å². The van der Waals surface area contributed by atoms with Crippen molar-refractivity contribution in [1.29, 1.82) is 0 Å². The number of hydrogen-bond acceptors (Lipinski definition) is 3. The van der Waals surface area contributed by atoms with E-state index < -0.39 is 0 Å². The summed E-state index contributed by atoms with van der Waals surface area (Å²) in [5, 5.41) is 8.17. The van der Waals surface area contributed by atoms with Crippen LogP contribution < -0.4 is 15.4 Å². The number of amides is 1. The zero-order valence-electron chi connectivity index (χ0n) is 14.3. The molecule has 0 saturated carbocycles. The van der Waals surface area contributed by atoms with Crippen LogP contribution in [-0.2, 0) is 0 Å². The van der Waals surface area contributed by atoms with Gasteiger partial charge in [0.25, 0.3) is 5.91 Å². The Morgan fingerprint density at radius 1 is 1.12 bits per heavy atom. The average Bonchev–Trinajstić information content (AvgIpc) is 2.61. The predicted molar refractivity (Wildman–Crippen MR) is 113 cm³/mol. The van der Waals surface area contributed by atoms with E-state index in [-0.39, 0.29) is 11.0 Å². The summed E-state index contributed by atoms with van der Waals surface area (Å²) < 4.78 is 6.16. The molecule has 0 aliphatic rings. The van der Waals surface area contributed by atoms with Gasteiger partial charge in [-0.3, -0.25) is 10.1 Å². The number of benzene rings is 3. The summed E-state index contributed by atoms with van der Waals surface area (Å²) in [5.74, 6) is 0.197. The Kier molecular flexibility index (Phi) is 5.54. The zero-order valence-corrected chi connectivity index (χ0v) is 16.7. The standard InChI is InChI=1S/C20H17BrN2O2S/c1-12-10-14(21)11-16(18(12)25-2)19(24)23-20(26)22-17-9-5-7-13-6-3-4-8-15(13)17/h3-11H,1-2H3,(H2,22,23,24,26). The smallest absolute Gasteiger partial charge is 0.261 e. The van der Waals surface area contributed by atoms with Crippen LogP contribution in [0.1, 0.15) is 15.9 Å². The molecule has 0 spiro atoms. The molecular formula is C20H17BrN2O2S. The van der Waals surface area contributed by atoms with Gasteiger partial charge in [0.15, 0.2) is 5.11 Å². The van der Waals surface area contributed by atoms with Gasteiger partial charge in [0, 0.05) is 15.5 Å². The van der Waals surface area contributed by atoms with Gasteiger partial charge in [0.1, 0.15) is 5.75 Å². The molecule has 4 nitrogen and oxygen atoms in total. The van der Waals surface area contributed by atoms with Crippen molar-refractivity contribution in [2.75, 3.05) is 12.4 Å². The maximum Gasteiger partial charge on any atom is 0.261 e. The first-order chi connectivity index (χ1) is 12.5. The van der Waals surface area contributed by atoms with Crippen LogP contribution in [0.5, 0.6) is 5.75 Å². The highest BCUT2D eigenvalue weighted by Gasteiger charge is 2.17. The highest BCUT2D eigenvalue weighted by molar-refractivity contribution is 9.10. The molecule has 0 aromatic heterocycles. The highest BCUT2D eigenvalue weighted by Crippen LogP contribution is 2.28. The molecule has 3 aromatic carbocycles. The molecule has 26 heavy (non-hydrogen) atoms. The van der Waals surface area contributed by atoms with E-state index in [2.05, 4.69) is 26.6 Å². The van der Waals surface area contributed by atoms with E-state index in [1.807, 2.05) is 55.5 Å². The normalized spacial score (nSPS) is 10.4. The largest absolute Gasteiger partial charge is 0.496 e. The van der Waals surface area contributed by atoms with E-state index >= 15 is 0 Å². The first-order valence-electron chi connectivity index (χ1n) is 7.94. The number of thiocarbonyl (C=S) groups is 1. The van der Waals surface area contributed by atoms with Gasteiger partial charge >= 0.3 is 0 Å². The molecule has 0 fully saturated rings. The highest BCUT2D eigenvalue weighted by atomic mass is 79.9. The number of rotatable bonds is 3. The van der Waals surface area contributed by atoms with Crippen molar-refractivity contribution >= 4 is 55.6 Å². The first-order valence-corrected chi connectivity index (χ1v) is 9.14. The molecule has 3 aromatic rings. The SMILES string of the molecule is COc1c(C)cc(Br)cc1C(=O)NC(=S)Nc1cccc2ccccc12. The molecule has 0 aliphatic carbocycles. The third kappa shape index (κ3) is 3.86. The number of methoxy groups -OCH3 is 1. The van der Waals surface area contributed by atoms with E-state index in [4.69, 9.17) is 17.0 Å². The number of carbonyl (C=O) groups excluding carboxylic acids is 1. The number of halogens is 1. The fraction of sp³-hybridized carbons (Fsp3) is 0.100. The first kappa shape index (κ1) is 18.4. The van der Waals surface area contributed by atoms with Crippen LogP contribution in [0.15, 0.2) is 59.1 Å². The predicted octanol–water partition coefficient (Wildman–Crippen LogP) is 5.05. The monoisotopic (exact) mass is 428 g/mol. The van der Waals surface area contributed by atoms with Crippen molar-refractivity contribution in [3.63, 3.8) is 0 Å². The summed E-state index contributed by atoms with van der Waals surface area (Å²) in [6, 6.07) is 17.5. The lowest BCUT2D eigenvalue weighted by molar-refractivity contribution is 0.0974. The quantitative estimate of drug-likeness (QED) is 0.573. The van der Waals surface area contributed by atoms with Gasteiger partial charge in [0.2, 0.25) is 0 Å². The van der Waals surface area contributed by atoms with E-state index in [1.165, 1.54) is 0 Å². The van der Waals surface area contributed by atoms with Crippen molar-refractivity contribution in [1.82, 2.24) is 5.32 Å². The molecular weight excluding hydrogens is 412 g/mol. The van der Waals surface area contributed by atoms with Gasteiger partial charge in [0.05, 0.1) is 12.7 Å². The number of nitrogens with one attached hydrogen (secondary N) is 2. The average molecular weight is 429 g/mol. The van der Waals surface area contributed by atoms with Crippen LogP contribution in [0.3, 0.4) is 0 Å². The Labute approximate surface area is 165 Å². The zero-order chi connectivity index (χ0) is 18.7. The Balaban J connectivity index is 1.81. The molecule has 0 unspecified atom stereocenters. The fourth-order valence-corrected chi connectivity index (χ4v) is 3.60. The van der Waals surface area contributed by atoms with E-state index in [0.29, 0.717) is 11.3 Å². The minimum absolute atomic E-state index is 0.228. The van der Waals surface area contributed by atoms with Crippen molar-refractivity contribution in [3.8, 4) is 5.75 Å². The molecule has 132 valence electrons. The summed E-state index contributed by atoms with van der Waals surface area (Å²) in [4.78, 5) is 12.7. The Hall–Kier alpha value is -2.44. The molecule has 0 aliphatic heterocycles. The molecule has 0 radical (unpaired) electrons. The van der Waals surface area contributed by atoms with Gasteiger partial charge in [-0.2, -0.15) is 0 Å². The van der Waals surface area contributed by atoms with Crippen molar-refractivity contribution in [3.05, 3.63) is 70.2 Å². The van der Waals surface area contributed by atoms with Gasteiger partial charge < -0.3 is 10.1 Å². The third-order valence-electron chi connectivity index (χ3n) is 3.95. The van der Waals surface area contributed by atoms with Gasteiger partial charge in [-0.25, -0.2) is 0 Å². The fourth-order valence-electron chi connectivity index (χ4n) is 2.83. The molecule has 0 heterocycles. The Morgan fingerprint density at radius 3 is 2.62 bits per heavy atom. The number of aryl methyl sites for hydroxylation is 1. The second-order valence-corrected chi connectivity index (χ2v) is 7.06. The number of hydrogen-bond donors (Lipinski definition) is 2. The van der Waals surface area contributed by atoms with E-state index in [0.717, 1.165) is 26.5 Å². The molecule has 2 N–H and O–H groups in total. The lowest BCUT2D eigenvalue weighted by Crippen LogP contribution is -2.34. The Bertz CT molecular complexity index is 999.